The zero-order valence-corrected chi connectivity index (χ0v) is 8.21. The molecule has 2 rings (SSSR count). The van der Waals surface area contributed by atoms with E-state index in [0.717, 1.165) is 0 Å². The number of nitrogens with one attached hydrogen (secondary N) is 1. The topological polar surface area (TPSA) is 66.5 Å². The molecule has 0 atom stereocenters. The number of fused-ring (bicyclic) bond motifs is 1. The maximum atomic E-state index is 11.5. The van der Waals surface area contributed by atoms with Gasteiger partial charge in [-0.25, -0.2) is 17.9 Å². The normalized spacial score (nSPS) is 18.6. The molecule has 1 aromatic rings. The van der Waals surface area contributed by atoms with Crippen LogP contribution in [0.3, 0.4) is 0 Å². The highest BCUT2D eigenvalue weighted by Crippen LogP contribution is 2.27. The highest BCUT2D eigenvalue weighted by Gasteiger charge is 2.30. The van der Waals surface area contributed by atoms with Crippen molar-refractivity contribution in [3.05, 3.63) is 24.3 Å². The van der Waals surface area contributed by atoms with E-state index in [4.69, 9.17) is 0 Å². The standard InChI is InChI=1S/C8H8N2O3S/c1-10-6-4-2-3-5-7(6)14(12,13)9-8(10)11/h2-5H,1H3,(H,9,11). The molecule has 6 heteroatoms. The highest BCUT2D eigenvalue weighted by atomic mass is 32.2. The third-order valence-corrected chi connectivity index (χ3v) is 3.41. The third kappa shape index (κ3) is 1.15. The number of rotatable bonds is 0. The molecule has 1 aromatic carbocycles. The maximum Gasteiger partial charge on any atom is 0.335 e. The van der Waals surface area contributed by atoms with Crippen LogP contribution in [0.2, 0.25) is 0 Å². The molecule has 1 aliphatic rings. The molecule has 0 saturated carbocycles. The van der Waals surface area contributed by atoms with E-state index >= 15 is 0 Å². The summed E-state index contributed by atoms with van der Waals surface area (Å²) in [5.74, 6) is 0. The Labute approximate surface area is 81.4 Å². The molecule has 0 fully saturated rings. The fourth-order valence-corrected chi connectivity index (χ4v) is 2.52. The smallest absolute Gasteiger partial charge is 0.295 e. The molecule has 74 valence electrons. The quantitative estimate of drug-likeness (QED) is 0.682. The first-order valence-electron chi connectivity index (χ1n) is 3.92. The van der Waals surface area contributed by atoms with Crippen molar-refractivity contribution in [1.82, 2.24) is 4.72 Å². The number of carbonyl (C=O) groups is 1. The van der Waals surface area contributed by atoms with E-state index < -0.39 is 16.1 Å². The Morgan fingerprint density at radius 1 is 1.29 bits per heavy atom. The number of hydrogen-bond donors (Lipinski definition) is 1. The minimum absolute atomic E-state index is 0.127. The van der Waals surface area contributed by atoms with Gasteiger partial charge in [-0.05, 0) is 12.1 Å². The molecule has 0 aliphatic carbocycles. The zero-order chi connectivity index (χ0) is 10.3. The van der Waals surface area contributed by atoms with E-state index in [1.807, 2.05) is 4.72 Å². The fraction of sp³-hybridized carbons (Fsp3) is 0.125. The summed E-state index contributed by atoms with van der Waals surface area (Å²) in [6, 6.07) is 5.71. The molecule has 0 aromatic heterocycles. The lowest BCUT2D eigenvalue weighted by Crippen LogP contribution is -2.45. The Morgan fingerprint density at radius 2 is 1.93 bits per heavy atom. The van der Waals surface area contributed by atoms with Crippen LogP contribution in [0.5, 0.6) is 0 Å². The second-order valence-electron chi connectivity index (χ2n) is 2.94. The summed E-state index contributed by atoms with van der Waals surface area (Å²) in [4.78, 5) is 12.6. The zero-order valence-electron chi connectivity index (χ0n) is 7.39. The van der Waals surface area contributed by atoms with Crippen LogP contribution < -0.4 is 9.62 Å². The van der Waals surface area contributed by atoms with Gasteiger partial charge in [0.05, 0.1) is 5.69 Å². The van der Waals surface area contributed by atoms with Gasteiger partial charge in [0, 0.05) is 7.05 Å². The van der Waals surface area contributed by atoms with Crippen molar-refractivity contribution in [1.29, 1.82) is 0 Å². The van der Waals surface area contributed by atoms with Gasteiger partial charge < -0.3 is 0 Å². The molecule has 1 heterocycles. The Morgan fingerprint density at radius 3 is 2.64 bits per heavy atom. The van der Waals surface area contributed by atoms with Crippen molar-refractivity contribution in [2.75, 3.05) is 11.9 Å². The van der Waals surface area contributed by atoms with Gasteiger partial charge in [-0.3, -0.25) is 4.90 Å². The molecule has 0 unspecified atom stereocenters. The van der Waals surface area contributed by atoms with Crippen LogP contribution in [0.4, 0.5) is 10.5 Å². The van der Waals surface area contributed by atoms with Crippen molar-refractivity contribution in [3.8, 4) is 0 Å². The van der Waals surface area contributed by atoms with Crippen LogP contribution in [0.25, 0.3) is 0 Å². The van der Waals surface area contributed by atoms with Crippen molar-refractivity contribution >= 4 is 21.7 Å². The van der Waals surface area contributed by atoms with Crippen molar-refractivity contribution in [2.45, 2.75) is 4.90 Å². The lowest BCUT2D eigenvalue weighted by Gasteiger charge is -2.25. The average Bonchev–Trinajstić information content (AvgIpc) is 2.14. The first-order valence-corrected chi connectivity index (χ1v) is 5.40. The second-order valence-corrected chi connectivity index (χ2v) is 4.59. The molecular formula is C8H8N2O3S. The minimum atomic E-state index is -3.67. The Kier molecular flexibility index (Phi) is 1.75. The molecule has 5 nitrogen and oxygen atoms in total. The van der Waals surface area contributed by atoms with Gasteiger partial charge in [0.15, 0.2) is 0 Å². The molecule has 0 spiro atoms. The Balaban J connectivity index is 2.74. The van der Waals surface area contributed by atoms with E-state index in [9.17, 15) is 13.2 Å². The molecule has 1 aliphatic heterocycles. The summed E-state index contributed by atoms with van der Waals surface area (Å²) in [5, 5.41) is 0. The van der Waals surface area contributed by atoms with E-state index in [-0.39, 0.29) is 4.90 Å². The highest BCUT2D eigenvalue weighted by molar-refractivity contribution is 7.90. The number of amides is 2. The van der Waals surface area contributed by atoms with Gasteiger partial charge in [0.2, 0.25) is 0 Å². The van der Waals surface area contributed by atoms with Gasteiger partial charge in [0.25, 0.3) is 10.0 Å². The van der Waals surface area contributed by atoms with E-state index in [0.29, 0.717) is 5.69 Å². The van der Waals surface area contributed by atoms with Gasteiger partial charge in [-0.1, -0.05) is 12.1 Å². The van der Waals surface area contributed by atoms with E-state index in [1.165, 1.54) is 18.0 Å². The number of carbonyl (C=O) groups excluding carboxylic acids is 1. The van der Waals surface area contributed by atoms with Gasteiger partial charge in [0.1, 0.15) is 4.90 Å². The van der Waals surface area contributed by atoms with Crippen LogP contribution in [-0.4, -0.2) is 21.5 Å². The third-order valence-electron chi connectivity index (χ3n) is 2.04. The summed E-state index contributed by atoms with van der Waals surface area (Å²) in [6.45, 7) is 0. The van der Waals surface area contributed by atoms with Crippen LogP contribution in [0.15, 0.2) is 29.2 Å². The molecule has 2 amide bonds. The second kappa shape index (κ2) is 2.71. The number of para-hydroxylation sites is 1. The SMILES string of the molecule is CN1C(=O)NS(=O)(=O)c2ccccc21. The lowest BCUT2D eigenvalue weighted by atomic mass is 10.3. The van der Waals surface area contributed by atoms with Crippen LogP contribution >= 0.6 is 0 Å². The van der Waals surface area contributed by atoms with Gasteiger partial charge in [-0.2, -0.15) is 0 Å². The summed E-state index contributed by atoms with van der Waals surface area (Å²) >= 11 is 0. The van der Waals surface area contributed by atoms with Crippen LogP contribution in [0.1, 0.15) is 0 Å². The van der Waals surface area contributed by atoms with Crippen molar-refractivity contribution in [3.63, 3.8) is 0 Å². The predicted octanol–water partition coefficient (Wildman–Crippen LogP) is 0.535. The summed E-state index contributed by atoms with van der Waals surface area (Å²) in [6.07, 6.45) is 0. The fourth-order valence-electron chi connectivity index (χ4n) is 1.31. The Bertz CT molecular complexity index is 495. The molecule has 0 saturated heterocycles. The summed E-state index contributed by atoms with van der Waals surface area (Å²) in [5.41, 5.74) is 0.399. The number of urea groups is 1. The summed E-state index contributed by atoms with van der Waals surface area (Å²) in [7, 11) is -2.15. The first kappa shape index (κ1) is 9.01. The molecule has 0 bridgehead atoms. The number of anilines is 1. The Hall–Kier alpha value is -1.56. The van der Waals surface area contributed by atoms with Crippen molar-refractivity contribution in [2.24, 2.45) is 0 Å². The first-order chi connectivity index (χ1) is 6.52. The lowest BCUT2D eigenvalue weighted by molar-refractivity contribution is 0.251. The number of nitrogens with zero attached hydrogens (tertiary/aromatic N) is 1. The van der Waals surface area contributed by atoms with Gasteiger partial charge >= 0.3 is 6.03 Å². The van der Waals surface area contributed by atoms with Gasteiger partial charge in [-0.15, -0.1) is 0 Å². The number of benzene rings is 1. The van der Waals surface area contributed by atoms with E-state index in [1.54, 1.807) is 18.2 Å². The van der Waals surface area contributed by atoms with E-state index in [2.05, 4.69) is 0 Å². The average molecular weight is 212 g/mol. The molecule has 0 radical (unpaired) electrons. The predicted molar refractivity (Wildman–Crippen MR) is 50.6 cm³/mol. The molecule has 1 N–H and O–H groups in total. The monoisotopic (exact) mass is 212 g/mol. The van der Waals surface area contributed by atoms with Crippen LogP contribution in [-0.2, 0) is 10.0 Å². The van der Waals surface area contributed by atoms with Crippen LogP contribution in [0, 0.1) is 0 Å². The molecule has 14 heavy (non-hydrogen) atoms. The summed E-state index contributed by atoms with van der Waals surface area (Å²) < 4.78 is 24.9. The van der Waals surface area contributed by atoms with Crippen molar-refractivity contribution < 1.29 is 13.2 Å². The number of hydrogen-bond acceptors (Lipinski definition) is 3. The maximum absolute atomic E-state index is 11.5. The molecular weight excluding hydrogens is 204 g/mol. The minimum Gasteiger partial charge on any atom is -0.295 e. The largest absolute Gasteiger partial charge is 0.335 e. The number of sulfonamides is 1.